The van der Waals surface area contributed by atoms with E-state index in [1.54, 1.807) is 25.2 Å². The lowest BCUT2D eigenvalue weighted by Crippen LogP contribution is -2.47. The number of carbonyl (C=O) groups is 1. The van der Waals surface area contributed by atoms with Crippen molar-refractivity contribution in [2.75, 3.05) is 33.2 Å². The number of aromatic nitrogens is 1. The number of benzene rings is 1. The van der Waals surface area contributed by atoms with Gasteiger partial charge >= 0.3 is 5.76 Å². The maximum atomic E-state index is 12.4. The van der Waals surface area contributed by atoms with Crippen LogP contribution in [0.1, 0.15) is 10.4 Å². The molecule has 1 saturated heterocycles. The quantitative estimate of drug-likeness (QED) is 0.761. The summed E-state index contributed by atoms with van der Waals surface area (Å²) in [7, 11) is 3.70. The van der Waals surface area contributed by atoms with Gasteiger partial charge in [-0.1, -0.05) is 0 Å². The number of aryl methyl sites for hydroxylation is 1. The molecule has 2 heterocycles. The average molecular weight is 275 g/mol. The van der Waals surface area contributed by atoms with Crippen molar-refractivity contribution in [1.82, 2.24) is 14.4 Å². The third kappa shape index (κ3) is 2.12. The Hall–Kier alpha value is -2.08. The first-order valence-electron chi connectivity index (χ1n) is 6.63. The van der Waals surface area contributed by atoms with Gasteiger partial charge in [0.2, 0.25) is 0 Å². The molecule has 0 radical (unpaired) electrons. The van der Waals surface area contributed by atoms with Gasteiger partial charge in [0.15, 0.2) is 5.58 Å². The van der Waals surface area contributed by atoms with E-state index in [4.69, 9.17) is 4.42 Å². The van der Waals surface area contributed by atoms with Crippen LogP contribution in [0.15, 0.2) is 27.4 Å². The van der Waals surface area contributed by atoms with Crippen LogP contribution in [0.5, 0.6) is 0 Å². The van der Waals surface area contributed by atoms with E-state index >= 15 is 0 Å². The maximum Gasteiger partial charge on any atom is 0.419 e. The van der Waals surface area contributed by atoms with Crippen LogP contribution in [-0.2, 0) is 7.05 Å². The molecule has 2 aromatic rings. The maximum absolute atomic E-state index is 12.4. The number of amides is 1. The number of hydrogen-bond acceptors (Lipinski definition) is 4. The number of carbonyl (C=O) groups excluding carboxylic acids is 1. The highest BCUT2D eigenvalue weighted by atomic mass is 16.4. The first kappa shape index (κ1) is 12.9. The fourth-order valence-corrected chi connectivity index (χ4v) is 2.46. The van der Waals surface area contributed by atoms with E-state index in [1.165, 1.54) is 4.57 Å². The summed E-state index contributed by atoms with van der Waals surface area (Å²) in [6, 6.07) is 5.15. The van der Waals surface area contributed by atoms with Gasteiger partial charge in [-0.25, -0.2) is 4.79 Å². The molecule has 0 atom stereocenters. The molecular formula is C14H17N3O3. The normalized spacial score (nSPS) is 16.8. The van der Waals surface area contributed by atoms with Crippen molar-refractivity contribution in [3.8, 4) is 0 Å². The van der Waals surface area contributed by atoms with Gasteiger partial charge in [0.25, 0.3) is 5.91 Å². The molecule has 106 valence electrons. The topological polar surface area (TPSA) is 58.7 Å². The van der Waals surface area contributed by atoms with Crippen LogP contribution in [0.4, 0.5) is 0 Å². The number of nitrogens with zero attached hydrogens (tertiary/aromatic N) is 3. The summed E-state index contributed by atoms with van der Waals surface area (Å²) < 4.78 is 6.55. The molecule has 0 aliphatic carbocycles. The van der Waals surface area contributed by atoms with E-state index in [9.17, 15) is 9.59 Å². The second-order valence-electron chi connectivity index (χ2n) is 5.20. The van der Waals surface area contributed by atoms with Crippen LogP contribution in [0.3, 0.4) is 0 Å². The molecule has 1 aromatic carbocycles. The SMILES string of the molecule is CN1CCN(C(=O)c2ccc3c(c2)oc(=O)n3C)CC1. The predicted molar refractivity (Wildman–Crippen MR) is 74.9 cm³/mol. The van der Waals surface area contributed by atoms with Crippen LogP contribution in [0, 0.1) is 0 Å². The standard InChI is InChI=1S/C14H17N3O3/c1-15-5-7-17(8-6-15)13(18)10-3-4-11-12(9-10)20-14(19)16(11)2/h3-4,9H,5-8H2,1-2H3. The molecule has 20 heavy (non-hydrogen) atoms. The molecule has 0 N–H and O–H groups in total. The van der Waals surface area contributed by atoms with Crippen LogP contribution >= 0.6 is 0 Å². The van der Waals surface area contributed by atoms with E-state index in [0.717, 1.165) is 26.2 Å². The van der Waals surface area contributed by atoms with E-state index in [-0.39, 0.29) is 5.91 Å². The van der Waals surface area contributed by atoms with Crippen molar-refractivity contribution in [2.24, 2.45) is 7.05 Å². The molecule has 3 rings (SSSR count). The van der Waals surface area contributed by atoms with Crippen molar-refractivity contribution < 1.29 is 9.21 Å². The van der Waals surface area contributed by atoms with Gasteiger partial charge in [-0.15, -0.1) is 0 Å². The lowest BCUT2D eigenvalue weighted by atomic mass is 10.1. The average Bonchev–Trinajstić information content (AvgIpc) is 2.74. The molecular weight excluding hydrogens is 258 g/mol. The summed E-state index contributed by atoms with van der Waals surface area (Å²) in [6.45, 7) is 3.22. The molecule has 0 unspecified atom stereocenters. The van der Waals surface area contributed by atoms with Crippen molar-refractivity contribution in [3.63, 3.8) is 0 Å². The van der Waals surface area contributed by atoms with Gasteiger partial charge < -0.3 is 14.2 Å². The minimum atomic E-state index is -0.413. The molecule has 6 heteroatoms. The lowest BCUT2D eigenvalue weighted by molar-refractivity contribution is 0.0664. The molecule has 0 saturated carbocycles. The monoisotopic (exact) mass is 275 g/mol. The van der Waals surface area contributed by atoms with Crippen molar-refractivity contribution in [3.05, 3.63) is 34.3 Å². The minimum Gasteiger partial charge on any atom is -0.408 e. The fourth-order valence-electron chi connectivity index (χ4n) is 2.46. The Kier molecular flexibility index (Phi) is 3.10. The zero-order chi connectivity index (χ0) is 14.3. The van der Waals surface area contributed by atoms with Gasteiger partial charge in [-0.2, -0.15) is 0 Å². The van der Waals surface area contributed by atoms with Crippen LogP contribution in [0.25, 0.3) is 11.1 Å². The lowest BCUT2D eigenvalue weighted by Gasteiger charge is -2.32. The second kappa shape index (κ2) is 4.79. The smallest absolute Gasteiger partial charge is 0.408 e. The number of rotatable bonds is 1. The number of piperazine rings is 1. The van der Waals surface area contributed by atoms with E-state index in [1.807, 2.05) is 11.9 Å². The summed E-state index contributed by atoms with van der Waals surface area (Å²) in [5, 5.41) is 0. The summed E-state index contributed by atoms with van der Waals surface area (Å²) in [6.07, 6.45) is 0. The first-order chi connectivity index (χ1) is 9.56. The van der Waals surface area contributed by atoms with Crippen LogP contribution in [0.2, 0.25) is 0 Å². The molecule has 1 aliphatic heterocycles. The van der Waals surface area contributed by atoms with E-state index < -0.39 is 5.76 Å². The zero-order valence-corrected chi connectivity index (χ0v) is 11.6. The number of fused-ring (bicyclic) bond motifs is 1. The summed E-state index contributed by atoms with van der Waals surface area (Å²) in [5.74, 6) is -0.421. The third-order valence-electron chi connectivity index (χ3n) is 3.83. The number of likely N-dealkylation sites (N-methyl/N-ethyl adjacent to an activating group) is 1. The Morgan fingerprint density at radius 3 is 2.55 bits per heavy atom. The highest BCUT2D eigenvalue weighted by Gasteiger charge is 2.21. The molecule has 6 nitrogen and oxygen atoms in total. The largest absolute Gasteiger partial charge is 0.419 e. The van der Waals surface area contributed by atoms with Gasteiger partial charge in [-0.05, 0) is 25.2 Å². The summed E-state index contributed by atoms with van der Waals surface area (Å²) in [5.41, 5.74) is 1.72. The van der Waals surface area contributed by atoms with Crippen molar-refractivity contribution in [2.45, 2.75) is 0 Å². The highest BCUT2D eigenvalue weighted by Crippen LogP contribution is 2.16. The van der Waals surface area contributed by atoms with Crippen molar-refractivity contribution in [1.29, 1.82) is 0 Å². The van der Waals surface area contributed by atoms with Crippen LogP contribution in [-0.4, -0.2) is 53.5 Å². The summed E-state index contributed by atoms with van der Waals surface area (Å²) in [4.78, 5) is 27.9. The van der Waals surface area contributed by atoms with Gasteiger partial charge in [0.1, 0.15) is 0 Å². The Labute approximate surface area is 116 Å². The van der Waals surface area contributed by atoms with E-state index in [0.29, 0.717) is 16.7 Å². The Bertz CT molecular complexity index is 708. The van der Waals surface area contributed by atoms with E-state index in [2.05, 4.69) is 4.90 Å². The number of oxazole rings is 1. The molecule has 0 spiro atoms. The van der Waals surface area contributed by atoms with Gasteiger partial charge in [0.05, 0.1) is 5.52 Å². The predicted octanol–water partition coefficient (Wildman–Crippen LogP) is 0.519. The first-order valence-corrected chi connectivity index (χ1v) is 6.63. The Morgan fingerprint density at radius 1 is 1.15 bits per heavy atom. The molecule has 0 bridgehead atoms. The van der Waals surface area contributed by atoms with Crippen molar-refractivity contribution >= 4 is 17.0 Å². The highest BCUT2D eigenvalue weighted by molar-refractivity contribution is 5.97. The number of hydrogen-bond donors (Lipinski definition) is 0. The Balaban J connectivity index is 1.90. The molecule has 1 fully saturated rings. The third-order valence-corrected chi connectivity index (χ3v) is 3.83. The summed E-state index contributed by atoms with van der Waals surface area (Å²) >= 11 is 0. The second-order valence-corrected chi connectivity index (χ2v) is 5.20. The molecule has 1 aliphatic rings. The molecule has 1 aromatic heterocycles. The Morgan fingerprint density at radius 2 is 1.85 bits per heavy atom. The van der Waals surface area contributed by atoms with Gasteiger partial charge in [-0.3, -0.25) is 9.36 Å². The minimum absolute atomic E-state index is 0.00787. The van der Waals surface area contributed by atoms with Crippen LogP contribution < -0.4 is 5.76 Å². The zero-order valence-electron chi connectivity index (χ0n) is 11.6. The fraction of sp³-hybridized carbons (Fsp3) is 0.429. The van der Waals surface area contributed by atoms with Gasteiger partial charge in [0, 0.05) is 38.8 Å². The molecule has 1 amide bonds.